The molecule has 0 bridgehead atoms. The van der Waals surface area contributed by atoms with Crippen LogP contribution in [0.5, 0.6) is 0 Å². The fraction of sp³-hybridized carbons (Fsp3) is 0.417. The molecule has 0 radical (unpaired) electrons. The number of hydrogen-bond donors (Lipinski definition) is 2. The van der Waals surface area contributed by atoms with Gasteiger partial charge in [0.15, 0.2) is 0 Å². The SMILES string of the molecule is CNC(=O)c1ccc(CN(CC(=O)NCCCOCc2ccccc2)C2CC2)cc1. The molecule has 160 valence electrons. The van der Waals surface area contributed by atoms with E-state index < -0.39 is 0 Å². The molecule has 30 heavy (non-hydrogen) atoms. The molecule has 6 heteroatoms. The van der Waals surface area contributed by atoms with Crippen LogP contribution in [0.15, 0.2) is 54.6 Å². The third kappa shape index (κ3) is 7.28. The molecule has 3 rings (SSSR count). The summed E-state index contributed by atoms with van der Waals surface area (Å²) in [5.74, 6) is -0.0420. The van der Waals surface area contributed by atoms with Gasteiger partial charge in [-0.15, -0.1) is 0 Å². The number of amides is 2. The molecular formula is C24H31N3O3. The highest BCUT2D eigenvalue weighted by Gasteiger charge is 2.30. The summed E-state index contributed by atoms with van der Waals surface area (Å²) >= 11 is 0. The van der Waals surface area contributed by atoms with Gasteiger partial charge < -0.3 is 15.4 Å². The van der Waals surface area contributed by atoms with Gasteiger partial charge in [-0.3, -0.25) is 14.5 Å². The molecule has 2 aromatic rings. The Bertz CT molecular complexity index is 804. The smallest absolute Gasteiger partial charge is 0.251 e. The van der Waals surface area contributed by atoms with Gasteiger partial charge in [-0.25, -0.2) is 0 Å². The molecule has 6 nitrogen and oxygen atoms in total. The normalized spacial score (nSPS) is 13.3. The minimum absolute atomic E-state index is 0.0481. The molecule has 0 unspecified atom stereocenters. The van der Waals surface area contributed by atoms with Gasteiger partial charge >= 0.3 is 0 Å². The molecule has 1 saturated carbocycles. The molecule has 0 atom stereocenters. The minimum atomic E-state index is -0.0901. The average molecular weight is 410 g/mol. The van der Waals surface area contributed by atoms with Gasteiger partial charge in [0.05, 0.1) is 13.2 Å². The second kappa shape index (κ2) is 11.5. The van der Waals surface area contributed by atoms with Crippen LogP contribution in [0, 0.1) is 0 Å². The number of ether oxygens (including phenoxy) is 1. The van der Waals surface area contributed by atoms with Gasteiger partial charge in [-0.2, -0.15) is 0 Å². The van der Waals surface area contributed by atoms with E-state index >= 15 is 0 Å². The first-order chi connectivity index (χ1) is 14.7. The van der Waals surface area contributed by atoms with Crippen LogP contribution in [0.1, 0.15) is 40.7 Å². The van der Waals surface area contributed by atoms with Crippen molar-refractivity contribution in [3.63, 3.8) is 0 Å². The third-order valence-corrected chi connectivity index (χ3v) is 5.14. The van der Waals surface area contributed by atoms with E-state index in [4.69, 9.17) is 4.74 Å². The van der Waals surface area contributed by atoms with Crippen molar-refractivity contribution in [2.75, 3.05) is 26.7 Å². The number of benzene rings is 2. The van der Waals surface area contributed by atoms with Crippen LogP contribution in [0.2, 0.25) is 0 Å². The maximum atomic E-state index is 12.4. The van der Waals surface area contributed by atoms with Crippen molar-refractivity contribution in [1.82, 2.24) is 15.5 Å². The second-order valence-electron chi connectivity index (χ2n) is 7.65. The van der Waals surface area contributed by atoms with Crippen molar-refractivity contribution in [1.29, 1.82) is 0 Å². The Balaban J connectivity index is 1.35. The van der Waals surface area contributed by atoms with Crippen molar-refractivity contribution in [2.24, 2.45) is 0 Å². The lowest BCUT2D eigenvalue weighted by atomic mass is 10.1. The molecule has 1 fully saturated rings. The number of rotatable bonds is 12. The quantitative estimate of drug-likeness (QED) is 0.529. The maximum absolute atomic E-state index is 12.4. The summed E-state index contributed by atoms with van der Waals surface area (Å²) in [6.07, 6.45) is 3.07. The molecule has 0 spiro atoms. The molecular weight excluding hydrogens is 378 g/mol. The number of carbonyl (C=O) groups excluding carboxylic acids is 2. The molecule has 0 heterocycles. The number of nitrogens with one attached hydrogen (secondary N) is 2. The molecule has 0 saturated heterocycles. The number of hydrogen-bond acceptors (Lipinski definition) is 4. The van der Waals surface area contributed by atoms with E-state index in [1.807, 2.05) is 54.6 Å². The lowest BCUT2D eigenvalue weighted by Crippen LogP contribution is -2.38. The van der Waals surface area contributed by atoms with E-state index in [0.29, 0.717) is 44.5 Å². The summed E-state index contributed by atoms with van der Waals surface area (Å²) in [7, 11) is 1.62. The summed E-state index contributed by atoms with van der Waals surface area (Å²) in [4.78, 5) is 26.2. The van der Waals surface area contributed by atoms with Gasteiger partial charge in [0.1, 0.15) is 0 Å². The summed E-state index contributed by atoms with van der Waals surface area (Å²) in [6, 6.07) is 18.1. The highest BCUT2D eigenvalue weighted by atomic mass is 16.5. The molecule has 1 aliphatic carbocycles. The van der Waals surface area contributed by atoms with Crippen molar-refractivity contribution in [3.05, 3.63) is 71.3 Å². The Morgan fingerprint density at radius 1 is 1.03 bits per heavy atom. The molecule has 0 aliphatic heterocycles. The zero-order valence-electron chi connectivity index (χ0n) is 17.6. The van der Waals surface area contributed by atoms with E-state index in [1.165, 1.54) is 0 Å². The van der Waals surface area contributed by atoms with Gasteiger partial charge in [0.25, 0.3) is 5.91 Å². The second-order valence-corrected chi connectivity index (χ2v) is 7.65. The highest BCUT2D eigenvalue weighted by molar-refractivity contribution is 5.93. The molecule has 2 aromatic carbocycles. The van der Waals surface area contributed by atoms with E-state index in [9.17, 15) is 9.59 Å². The topological polar surface area (TPSA) is 70.7 Å². The lowest BCUT2D eigenvalue weighted by Gasteiger charge is -2.21. The first-order valence-electron chi connectivity index (χ1n) is 10.6. The monoisotopic (exact) mass is 409 g/mol. The van der Waals surface area contributed by atoms with E-state index in [0.717, 1.165) is 30.4 Å². The summed E-state index contributed by atoms with van der Waals surface area (Å²) < 4.78 is 5.65. The van der Waals surface area contributed by atoms with Crippen LogP contribution in [0.4, 0.5) is 0 Å². The van der Waals surface area contributed by atoms with E-state index in [-0.39, 0.29) is 11.8 Å². The number of nitrogens with zero attached hydrogens (tertiary/aromatic N) is 1. The van der Waals surface area contributed by atoms with Crippen molar-refractivity contribution in [3.8, 4) is 0 Å². The first-order valence-corrected chi connectivity index (χ1v) is 10.6. The molecule has 1 aliphatic rings. The Labute approximate surface area is 178 Å². The molecule has 0 aromatic heterocycles. The molecule has 2 amide bonds. The maximum Gasteiger partial charge on any atom is 0.251 e. The largest absolute Gasteiger partial charge is 0.377 e. The number of carbonyl (C=O) groups is 2. The first kappa shape index (κ1) is 22.0. The highest BCUT2D eigenvalue weighted by Crippen LogP contribution is 2.28. The van der Waals surface area contributed by atoms with Gasteiger partial charge in [-0.1, -0.05) is 42.5 Å². The van der Waals surface area contributed by atoms with Gasteiger partial charge in [-0.05, 0) is 42.5 Å². The summed E-state index contributed by atoms with van der Waals surface area (Å²) in [6.45, 7) is 2.95. The predicted molar refractivity (Wildman–Crippen MR) is 117 cm³/mol. The van der Waals surface area contributed by atoms with E-state index in [1.54, 1.807) is 7.05 Å². The van der Waals surface area contributed by atoms with Gasteiger partial charge in [0.2, 0.25) is 5.91 Å². The zero-order valence-corrected chi connectivity index (χ0v) is 17.6. The van der Waals surface area contributed by atoms with Crippen LogP contribution in [-0.4, -0.2) is 49.5 Å². The van der Waals surface area contributed by atoms with Crippen molar-refractivity contribution in [2.45, 2.75) is 38.5 Å². The van der Waals surface area contributed by atoms with Crippen molar-refractivity contribution < 1.29 is 14.3 Å². The van der Waals surface area contributed by atoms with Crippen molar-refractivity contribution >= 4 is 11.8 Å². The Hall–Kier alpha value is -2.70. The zero-order chi connectivity index (χ0) is 21.2. The van der Waals surface area contributed by atoms with Crippen LogP contribution in [0.3, 0.4) is 0 Å². The lowest BCUT2D eigenvalue weighted by molar-refractivity contribution is -0.122. The Kier molecular flexibility index (Phi) is 8.41. The molecule has 2 N–H and O–H groups in total. The third-order valence-electron chi connectivity index (χ3n) is 5.14. The minimum Gasteiger partial charge on any atom is -0.377 e. The predicted octanol–water partition coefficient (Wildman–Crippen LogP) is 2.73. The van der Waals surface area contributed by atoms with Crippen LogP contribution < -0.4 is 10.6 Å². The standard InChI is InChI=1S/C24H31N3O3/c1-25-24(29)21-10-8-19(9-11-21)16-27(22-12-13-22)17-23(28)26-14-5-15-30-18-20-6-3-2-4-7-20/h2-4,6-11,22H,5,12-18H2,1H3,(H,25,29)(H,26,28). The van der Waals surface area contributed by atoms with Crippen LogP contribution in [-0.2, 0) is 22.7 Å². The Morgan fingerprint density at radius 2 is 1.77 bits per heavy atom. The van der Waals surface area contributed by atoms with Crippen LogP contribution >= 0.6 is 0 Å². The van der Waals surface area contributed by atoms with E-state index in [2.05, 4.69) is 15.5 Å². The van der Waals surface area contributed by atoms with Gasteiger partial charge in [0, 0.05) is 38.3 Å². The average Bonchev–Trinajstić information content (AvgIpc) is 3.62. The summed E-state index contributed by atoms with van der Waals surface area (Å²) in [5.41, 5.74) is 2.91. The van der Waals surface area contributed by atoms with Crippen LogP contribution in [0.25, 0.3) is 0 Å². The summed E-state index contributed by atoms with van der Waals surface area (Å²) in [5, 5.41) is 5.62. The fourth-order valence-corrected chi connectivity index (χ4v) is 3.30. The fourth-order valence-electron chi connectivity index (χ4n) is 3.30. The Morgan fingerprint density at radius 3 is 2.43 bits per heavy atom.